The Kier molecular flexibility index (Phi) is 3.06. The molecule has 1 aromatic heterocycles. The molecule has 21 heavy (non-hydrogen) atoms. The van der Waals surface area contributed by atoms with E-state index < -0.39 is 12.0 Å². The third kappa shape index (κ3) is 2.42. The normalized spacial score (nSPS) is 12.0. The van der Waals surface area contributed by atoms with E-state index in [1.54, 1.807) is 0 Å². The van der Waals surface area contributed by atoms with Crippen LogP contribution in [0, 0.1) is 0 Å². The Balaban J connectivity index is 2.36. The van der Waals surface area contributed by atoms with Gasteiger partial charge in [0.15, 0.2) is 0 Å². The highest BCUT2D eigenvalue weighted by Crippen LogP contribution is 2.34. The van der Waals surface area contributed by atoms with E-state index in [9.17, 15) is 18.3 Å². The highest BCUT2D eigenvalue weighted by molar-refractivity contribution is 6.30. The van der Waals surface area contributed by atoms with E-state index in [-0.39, 0.29) is 22.5 Å². The molecule has 7 heteroatoms. The average Bonchev–Trinajstić information content (AvgIpc) is 2.78. The lowest BCUT2D eigenvalue weighted by Crippen LogP contribution is -2.13. The lowest BCUT2D eigenvalue weighted by atomic mass is 10.2. The maximum absolute atomic E-state index is 13.2. The maximum atomic E-state index is 13.2. The minimum atomic E-state index is -4.62. The molecule has 3 nitrogen and oxygen atoms in total. The lowest BCUT2D eigenvalue weighted by Gasteiger charge is -2.11. The van der Waals surface area contributed by atoms with Crippen LogP contribution in [0.2, 0.25) is 5.02 Å². The van der Waals surface area contributed by atoms with Crippen molar-refractivity contribution >= 4 is 22.6 Å². The number of phenols is 1. The van der Waals surface area contributed by atoms with Gasteiger partial charge in [-0.3, -0.25) is 4.57 Å². The summed E-state index contributed by atoms with van der Waals surface area (Å²) in [6, 6.07) is 9.78. The fourth-order valence-electron chi connectivity index (χ4n) is 2.11. The number of phenolic OH excluding ortho intramolecular Hbond substituents is 1. The number of halogens is 4. The van der Waals surface area contributed by atoms with Crippen LogP contribution in [-0.2, 0) is 6.18 Å². The highest BCUT2D eigenvalue weighted by Gasteiger charge is 2.38. The Hall–Kier alpha value is -2.21. The van der Waals surface area contributed by atoms with Crippen LogP contribution in [-0.4, -0.2) is 14.7 Å². The first-order valence-corrected chi connectivity index (χ1v) is 6.28. The molecule has 0 fully saturated rings. The molecule has 3 rings (SSSR count). The second-order valence-electron chi connectivity index (χ2n) is 4.42. The number of fused-ring (bicyclic) bond motifs is 1. The van der Waals surface area contributed by atoms with E-state index in [4.69, 9.17) is 11.6 Å². The number of alkyl halides is 3. The topological polar surface area (TPSA) is 38.1 Å². The van der Waals surface area contributed by atoms with Crippen molar-refractivity contribution in [2.24, 2.45) is 0 Å². The fourth-order valence-corrected chi connectivity index (χ4v) is 2.23. The first-order valence-electron chi connectivity index (χ1n) is 5.91. The number of benzene rings is 2. The Bertz CT molecular complexity index is 809. The van der Waals surface area contributed by atoms with Gasteiger partial charge in [0, 0.05) is 16.8 Å². The second-order valence-corrected chi connectivity index (χ2v) is 4.85. The van der Waals surface area contributed by atoms with Crippen LogP contribution >= 0.6 is 11.6 Å². The summed E-state index contributed by atoms with van der Waals surface area (Å²) in [5.41, 5.74) is 0.583. The quantitative estimate of drug-likeness (QED) is 0.723. The number of rotatable bonds is 1. The first kappa shape index (κ1) is 13.8. The highest BCUT2D eigenvalue weighted by atomic mass is 35.5. The smallest absolute Gasteiger partial charge is 0.450 e. The van der Waals surface area contributed by atoms with Gasteiger partial charge in [0.25, 0.3) is 0 Å². The SMILES string of the molecule is Oc1ccc2nc(C(F)(F)F)n(-c3ccc(Cl)cc3)c2c1. The first-order chi connectivity index (χ1) is 9.86. The van der Waals surface area contributed by atoms with Crippen molar-refractivity contribution in [2.45, 2.75) is 6.18 Å². The molecule has 0 atom stereocenters. The third-order valence-corrected chi connectivity index (χ3v) is 3.23. The molecule has 0 aliphatic carbocycles. The molecule has 1 heterocycles. The number of hydrogen-bond acceptors (Lipinski definition) is 2. The van der Waals surface area contributed by atoms with Gasteiger partial charge in [0.2, 0.25) is 5.82 Å². The molecular formula is C14H8ClF3N2O. The average molecular weight is 313 g/mol. The molecule has 0 bridgehead atoms. The van der Waals surface area contributed by atoms with Crippen molar-refractivity contribution in [3.05, 3.63) is 53.3 Å². The Morgan fingerprint density at radius 2 is 1.71 bits per heavy atom. The molecule has 0 saturated carbocycles. The van der Waals surface area contributed by atoms with E-state index in [1.165, 1.54) is 42.5 Å². The summed E-state index contributed by atoms with van der Waals surface area (Å²) < 4.78 is 40.5. The fraction of sp³-hybridized carbons (Fsp3) is 0.0714. The number of nitrogens with zero attached hydrogens (tertiary/aromatic N) is 2. The van der Waals surface area contributed by atoms with Crippen molar-refractivity contribution in [1.29, 1.82) is 0 Å². The van der Waals surface area contributed by atoms with Crippen LogP contribution in [0.5, 0.6) is 5.75 Å². The predicted octanol–water partition coefficient (Wildman–Crippen LogP) is 4.40. The van der Waals surface area contributed by atoms with Crippen LogP contribution < -0.4 is 0 Å². The predicted molar refractivity (Wildman–Crippen MR) is 72.7 cm³/mol. The summed E-state index contributed by atoms with van der Waals surface area (Å²) in [5, 5.41) is 9.93. The standard InChI is InChI=1S/C14H8ClF3N2O/c15-8-1-3-9(4-2-8)20-12-7-10(21)5-6-11(12)19-13(20)14(16,17)18/h1-7,21H. The molecule has 0 amide bonds. The van der Waals surface area contributed by atoms with Gasteiger partial charge in [-0.1, -0.05) is 11.6 Å². The third-order valence-electron chi connectivity index (χ3n) is 2.98. The summed E-state index contributed by atoms with van der Waals surface area (Å²) in [7, 11) is 0. The number of aromatic hydroxyl groups is 1. The molecular weight excluding hydrogens is 305 g/mol. The van der Waals surface area contributed by atoms with Gasteiger partial charge < -0.3 is 5.11 Å². The van der Waals surface area contributed by atoms with Crippen molar-refractivity contribution in [3.63, 3.8) is 0 Å². The lowest BCUT2D eigenvalue weighted by molar-refractivity contribution is -0.145. The molecule has 2 aromatic carbocycles. The molecule has 0 radical (unpaired) electrons. The minimum Gasteiger partial charge on any atom is -0.508 e. The van der Waals surface area contributed by atoms with Gasteiger partial charge in [-0.05, 0) is 36.4 Å². The maximum Gasteiger partial charge on any atom is 0.450 e. The van der Waals surface area contributed by atoms with Gasteiger partial charge in [-0.25, -0.2) is 4.98 Å². The molecule has 3 aromatic rings. The van der Waals surface area contributed by atoms with Gasteiger partial charge in [0.1, 0.15) is 5.75 Å². The summed E-state index contributed by atoms with van der Waals surface area (Å²) >= 11 is 5.76. The molecule has 0 saturated heterocycles. The number of hydrogen-bond donors (Lipinski definition) is 1. The molecule has 1 N–H and O–H groups in total. The van der Waals surface area contributed by atoms with Gasteiger partial charge in [-0.15, -0.1) is 0 Å². The zero-order chi connectivity index (χ0) is 15.2. The molecule has 0 spiro atoms. The Morgan fingerprint density at radius 1 is 1.05 bits per heavy atom. The number of aromatic nitrogens is 2. The Labute approximate surface area is 122 Å². The summed E-state index contributed by atoms with van der Waals surface area (Å²) in [6.07, 6.45) is -4.62. The second kappa shape index (κ2) is 4.66. The van der Waals surface area contributed by atoms with E-state index in [1.807, 2.05) is 0 Å². The number of imidazole rings is 1. The van der Waals surface area contributed by atoms with Gasteiger partial charge in [-0.2, -0.15) is 13.2 Å². The molecule has 0 aliphatic rings. The zero-order valence-electron chi connectivity index (χ0n) is 10.4. The van der Waals surface area contributed by atoms with Crippen molar-refractivity contribution in [3.8, 4) is 11.4 Å². The zero-order valence-corrected chi connectivity index (χ0v) is 11.2. The van der Waals surface area contributed by atoms with Crippen LogP contribution in [0.4, 0.5) is 13.2 Å². The van der Waals surface area contributed by atoms with Crippen LogP contribution in [0.25, 0.3) is 16.7 Å². The molecule has 108 valence electrons. The van der Waals surface area contributed by atoms with Crippen LogP contribution in [0.1, 0.15) is 5.82 Å². The van der Waals surface area contributed by atoms with Crippen molar-refractivity contribution in [1.82, 2.24) is 9.55 Å². The molecule has 0 aliphatic heterocycles. The monoisotopic (exact) mass is 312 g/mol. The van der Waals surface area contributed by atoms with E-state index in [0.29, 0.717) is 5.02 Å². The van der Waals surface area contributed by atoms with Crippen LogP contribution in [0.15, 0.2) is 42.5 Å². The Morgan fingerprint density at radius 3 is 2.33 bits per heavy atom. The summed E-state index contributed by atoms with van der Waals surface area (Å²) in [5.74, 6) is -1.18. The van der Waals surface area contributed by atoms with E-state index in [0.717, 1.165) is 4.57 Å². The summed E-state index contributed by atoms with van der Waals surface area (Å²) in [6.45, 7) is 0. The largest absolute Gasteiger partial charge is 0.508 e. The van der Waals surface area contributed by atoms with E-state index in [2.05, 4.69) is 4.98 Å². The van der Waals surface area contributed by atoms with E-state index >= 15 is 0 Å². The summed E-state index contributed by atoms with van der Waals surface area (Å²) in [4.78, 5) is 3.62. The van der Waals surface area contributed by atoms with Gasteiger partial charge >= 0.3 is 6.18 Å². The van der Waals surface area contributed by atoms with Crippen molar-refractivity contribution < 1.29 is 18.3 Å². The van der Waals surface area contributed by atoms with Crippen molar-refractivity contribution in [2.75, 3.05) is 0 Å². The van der Waals surface area contributed by atoms with Crippen LogP contribution in [0.3, 0.4) is 0 Å². The minimum absolute atomic E-state index is 0.133. The molecule has 0 unspecified atom stereocenters. The van der Waals surface area contributed by atoms with Gasteiger partial charge in [0.05, 0.1) is 11.0 Å².